The molecule has 0 unspecified atom stereocenters. The first-order valence-electron chi connectivity index (χ1n) is 10.5. The normalized spacial score (nSPS) is 13.0. The monoisotopic (exact) mass is 423 g/mol. The number of carbonyl (C=O) groups excluding carboxylic acids is 2. The highest BCUT2D eigenvalue weighted by Gasteiger charge is 2.16. The lowest BCUT2D eigenvalue weighted by Crippen LogP contribution is -2.22. The molecule has 1 N–H and O–H groups in total. The second-order valence-corrected chi connectivity index (χ2v) is 8.01. The van der Waals surface area contributed by atoms with Crippen LogP contribution in [0.15, 0.2) is 42.5 Å². The zero-order valence-corrected chi connectivity index (χ0v) is 18.4. The van der Waals surface area contributed by atoms with Gasteiger partial charge in [-0.1, -0.05) is 52.0 Å². The molecule has 0 bridgehead atoms. The topological polar surface area (TPSA) is 73.9 Å². The number of hydrogen-bond acceptors (Lipinski definition) is 5. The van der Waals surface area contributed by atoms with Crippen LogP contribution < -0.4 is 14.8 Å². The van der Waals surface area contributed by atoms with Gasteiger partial charge in [-0.2, -0.15) is 0 Å². The fourth-order valence-electron chi connectivity index (χ4n) is 3.38. The Morgan fingerprint density at radius 1 is 1.00 bits per heavy atom. The molecule has 2 aromatic carbocycles. The van der Waals surface area contributed by atoms with Crippen LogP contribution in [-0.4, -0.2) is 31.7 Å². The molecule has 2 aromatic rings. The average Bonchev–Trinajstić information content (AvgIpc) is 2.75. The fraction of sp³-hybridized carbons (Fsp3) is 0.360. The second-order valence-electron chi connectivity index (χ2n) is 8.01. The molecule has 0 aromatic heterocycles. The van der Waals surface area contributed by atoms with Crippen LogP contribution in [0, 0.1) is 0 Å². The zero-order chi connectivity index (χ0) is 22.4. The maximum atomic E-state index is 12.5. The molecular weight excluding hydrogens is 394 g/mol. The van der Waals surface area contributed by atoms with Crippen LogP contribution in [0.4, 0.5) is 5.69 Å². The number of ether oxygens (including phenoxy) is 3. The first-order chi connectivity index (χ1) is 14.8. The van der Waals surface area contributed by atoms with Crippen LogP contribution >= 0.6 is 0 Å². The van der Waals surface area contributed by atoms with Crippen molar-refractivity contribution >= 4 is 23.6 Å². The summed E-state index contributed by atoms with van der Waals surface area (Å²) >= 11 is 0. The highest BCUT2D eigenvalue weighted by molar-refractivity contribution is 5.96. The van der Waals surface area contributed by atoms with Crippen molar-refractivity contribution in [3.8, 4) is 11.5 Å². The van der Waals surface area contributed by atoms with Gasteiger partial charge in [-0.3, -0.25) is 4.79 Å². The molecule has 1 heterocycles. The summed E-state index contributed by atoms with van der Waals surface area (Å²) in [6.07, 6.45) is 2.91. The van der Waals surface area contributed by atoms with E-state index < -0.39 is 5.97 Å². The van der Waals surface area contributed by atoms with E-state index in [0.717, 1.165) is 22.4 Å². The van der Waals surface area contributed by atoms with Gasteiger partial charge in [-0.25, -0.2) is 4.79 Å². The Hall–Kier alpha value is -3.28. The maximum absolute atomic E-state index is 12.5. The highest BCUT2D eigenvalue weighted by Crippen LogP contribution is 2.32. The average molecular weight is 424 g/mol. The molecule has 1 amide bonds. The molecule has 6 nitrogen and oxygen atoms in total. The van der Waals surface area contributed by atoms with E-state index in [1.54, 1.807) is 18.2 Å². The van der Waals surface area contributed by atoms with Gasteiger partial charge < -0.3 is 19.5 Å². The first kappa shape index (κ1) is 22.4. The molecule has 0 saturated carbocycles. The number of para-hydroxylation sites is 1. The Bertz CT molecular complexity index is 952. The number of fused-ring (bicyclic) bond motifs is 1. The van der Waals surface area contributed by atoms with Crippen LogP contribution in [0.3, 0.4) is 0 Å². The van der Waals surface area contributed by atoms with E-state index >= 15 is 0 Å². The van der Waals surface area contributed by atoms with Crippen molar-refractivity contribution in [3.05, 3.63) is 59.2 Å². The zero-order valence-electron chi connectivity index (χ0n) is 18.4. The Morgan fingerprint density at radius 3 is 2.29 bits per heavy atom. The van der Waals surface area contributed by atoms with Crippen molar-refractivity contribution in [1.82, 2.24) is 0 Å². The van der Waals surface area contributed by atoms with E-state index in [9.17, 15) is 9.59 Å². The lowest BCUT2D eigenvalue weighted by molar-refractivity contribution is -0.142. The number of carbonyl (C=O) groups is 2. The number of anilines is 1. The summed E-state index contributed by atoms with van der Waals surface area (Å²) in [5, 5.41) is 2.93. The number of benzene rings is 2. The van der Waals surface area contributed by atoms with Crippen molar-refractivity contribution in [2.45, 2.75) is 39.5 Å². The number of rotatable bonds is 7. The summed E-state index contributed by atoms with van der Waals surface area (Å²) in [4.78, 5) is 24.5. The molecule has 0 fully saturated rings. The number of hydrogen-bond donors (Lipinski definition) is 1. The SMILES string of the molecule is CC(C)c1cccc(C(C)C)c1NC(=O)COC(=O)/C=C/c1ccc2c(c1)OCCO2. The molecule has 0 spiro atoms. The Morgan fingerprint density at radius 2 is 1.65 bits per heavy atom. The number of nitrogens with one attached hydrogen (secondary N) is 1. The van der Waals surface area contributed by atoms with E-state index in [2.05, 4.69) is 33.0 Å². The fourth-order valence-corrected chi connectivity index (χ4v) is 3.38. The Labute approximate surface area is 183 Å². The van der Waals surface area contributed by atoms with Crippen LogP contribution in [-0.2, 0) is 14.3 Å². The van der Waals surface area contributed by atoms with Gasteiger partial charge in [0.25, 0.3) is 5.91 Å². The molecular formula is C25H29NO5. The molecule has 0 radical (unpaired) electrons. The third-order valence-corrected chi connectivity index (χ3v) is 4.96. The molecule has 0 saturated heterocycles. The van der Waals surface area contributed by atoms with E-state index in [0.29, 0.717) is 24.7 Å². The van der Waals surface area contributed by atoms with Crippen molar-refractivity contribution in [3.63, 3.8) is 0 Å². The number of amides is 1. The lowest BCUT2D eigenvalue weighted by atomic mass is 9.92. The van der Waals surface area contributed by atoms with Crippen molar-refractivity contribution in [1.29, 1.82) is 0 Å². The van der Waals surface area contributed by atoms with E-state index in [1.807, 2.05) is 24.3 Å². The summed E-state index contributed by atoms with van der Waals surface area (Å²) < 4.78 is 16.1. The standard InChI is InChI=1S/C25H29NO5/c1-16(2)19-6-5-7-20(17(3)4)25(19)26-23(27)15-31-24(28)11-9-18-8-10-21-22(14-18)30-13-12-29-21/h5-11,14,16-17H,12-13,15H2,1-4H3,(H,26,27)/b11-9+. The Balaban J connectivity index is 1.59. The molecule has 1 aliphatic rings. The van der Waals surface area contributed by atoms with Crippen molar-refractivity contribution in [2.75, 3.05) is 25.1 Å². The highest BCUT2D eigenvalue weighted by atomic mass is 16.6. The third kappa shape index (κ3) is 5.87. The quantitative estimate of drug-likeness (QED) is 0.506. The van der Waals surface area contributed by atoms with Gasteiger partial charge in [0.05, 0.1) is 0 Å². The predicted octanol–water partition coefficient (Wildman–Crippen LogP) is 4.90. The molecule has 6 heteroatoms. The Kier molecular flexibility index (Phi) is 7.34. The smallest absolute Gasteiger partial charge is 0.331 e. The minimum Gasteiger partial charge on any atom is -0.486 e. The summed E-state index contributed by atoms with van der Waals surface area (Å²) in [5.41, 5.74) is 3.70. The second kappa shape index (κ2) is 10.2. The van der Waals surface area contributed by atoms with E-state index in [4.69, 9.17) is 14.2 Å². The lowest BCUT2D eigenvalue weighted by Gasteiger charge is -2.20. The first-order valence-corrected chi connectivity index (χ1v) is 10.5. The molecule has 164 valence electrons. The minimum atomic E-state index is -0.591. The summed E-state index contributed by atoms with van der Waals surface area (Å²) in [6.45, 7) is 8.99. The molecule has 31 heavy (non-hydrogen) atoms. The van der Waals surface area contributed by atoms with Gasteiger partial charge in [0.2, 0.25) is 0 Å². The van der Waals surface area contributed by atoms with Crippen molar-refractivity contribution in [2.24, 2.45) is 0 Å². The molecule has 0 aliphatic carbocycles. The predicted molar refractivity (Wildman–Crippen MR) is 121 cm³/mol. The largest absolute Gasteiger partial charge is 0.486 e. The summed E-state index contributed by atoms with van der Waals surface area (Å²) in [7, 11) is 0. The van der Waals surface area contributed by atoms with Gasteiger partial charge in [0, 0.05) is 11.8 Å². The van der Waals surface area contributed by atoms with Gasteiger partial charge in [-0.15, -0.1) is 0 Å². The summed E-state index contributed by atoms with van der Waals surface area (Å²) in [6, 6.07) is 11.4. The molecule has 3 rings (SSSR count). The maximum Gasteiger partial charge on any atom is 0.331 e. The molecule has 1 aliphatic heterocycles. The van der Waals surface area contributed by atoms with Gasteiger partial charge >= 0.3 is 5.97 Å². The third-order valence-electron chi connectivity index (χ3n) is 4.96. The minimum absolute atomic E-state index is 0.255. The van der Waals surface area contributed by atoms with Crippen LogP contribution in [0.2, 0.25) is 0 Å². The van der Waals surface area contributed by atoms with E-state index in [1.165, 1.54) is 6.08 Å². The van der Waals surface area contributed by atoms with Crippen molar-refractivity contribution < 1.29 is 23.8 Å². The van der Waals surface area contributed by atoms with Gasteiger partial charge in [-0.05, 0) is 46.7 Å². The van der Waals surface area contributed by atoms with Crippen LogP contribution in [0.1, 0.15) is 56.2 Å². The van der Waals surface area contributed by atoms with E-state index in [-0.39, 0.29) is 24.3 Å². The number of esters is 1. The van der Waals surface area contributed by atoms with Crippen LogP contribution in [0.5, 0.6) is 11.5 Å². The summed E-state index contributed by atoms with van der Waals surface area (Å²) in [5.74, 6) is 0.884. The van der Waals surface area contributed by atoms with Crippen LogP contribution in [0.25, 0.3) is 6.08 Å². The van der Waals surface area contributed by atoms with Gasteiger partial charge in [0.15, 0.2) is 18.1 Å². The van der Waals surface area contributed by atoms with Gasteiger partial charge in [0.1, 0.15) is 13.2 Å². The molecule has 0 atom stereocenters.